The van der Waals surface area contributed by atoms with Crippen LogP contribution >= 0.6 is 11.3 Å². The van der Waals surface area contributed by atoms with Crippen LogP contribution in [0.4, 0.5) is 4.39 Å². The molecule has 0 aliphatic heterocycles. The number of amides is 1. The SMILES string of the molecule is CC(=O)c1ccc(OCc2csc(C(=O)NN)n2)cc1F. The van der Waals surface area contributed by atoms with Crippen molar-refractivity contribution in [3.05, 3.63) is 45.7 Å². The van der Waals surface area contributed by atoms with E-state index in [0.717, 1.165) is 17.4 Å². The third-order valence-corrected chi connectivity index (χ3v) is 3.47. The van der Waals surface area contributed by atoms with E-state index in [4.69, 9.17) is 10.6 Å². The molecule has 6 nitrogen and oxygen atoms in total. The van der Waals surface area contributed by atoms with Gasteiger partial charge in [-0.2, -0.15) is 0 Å². The van der Waals surface area contributed by atoms with Gasteiger partial charge in [-0.3, -0.25) is 15.0 Å². The fourth-order valence-corrected chi connectivity index (χ4v) is 2.27. The first-order chi connectivity index (χ1) is 10.0. The van der Waals surface area contributed by atoms with Crippen LogP contribution in [0.15, 0.2) is 23.6 Å². The van der Waals surface area contributed by atoms with Crippen LogP contribution in [0.5, 0.6) is 5.75 Å². The quantitative estimate of drug-likeness (QED) is 0.379. The number of aromatic nitrogens is 1. The molecule has 1 amide bonds. The summed E-state index contributed by atoms with van der Waals surface area (Å²) < 4.78 is 19.0. The van der Waals surface area contributed by atoms with Gasteiger partial charge < -0.3 is 4.74 Å². The second-order valence-corrected chi connectivity index (χ2v) is 4.96. The van der Waals surface area contributed by atoms with E-state index in [2.05, 4.69) is 4.98 Å². The number of rotatable bonds is 5. The summed E-state index contributed by atoms with van der Waals surface area (Å²) in [6, 6.07) is 4.00. The Morgan fingerprint density at radius 2 is 2.24 bits per heavy atom. The Morgan fingerprint density at radius 1 is 1.48 bits per heavy atom. The standard InChI is InChI=1S/C13H12FN3O3S/c1-7(18)10-3-2-9(4-11(10)14)20-5-8-6-21-13(16-8)12(19)17-15/h2-4,6H,5,15H2,1H3,(H,17,19). The Bertz CT molecular complexity index is 687. The molecule has 0 aliphatic rings. The number of Topliss-reactive ketones (excluding diaryl/α,β-unsaturated/α-hetero) is 1. The van der Waals surface area contributed by atoms with Crippen LogP contribution in [0.2, 0.25) is 0 Å². The van der Waals surface area contributed by atoms with Crippen LogP contribution in [0.25, 0.3) is 0 Å². The molecule has 2 aromatic rings. The molecule has 1 heterocycles. The number of nitrogens with two attached hydrogens (primary N) is 1. The molecular weight excluding hydrogens is 297 g/mol. The lowest BCUT2D eigenvalue weighted by Gasteiger charge is -2.05. The lowest BCUT2D eigenvalue weighted by molar-refractivity contribution is 0.0952. The molecule has 0 radical (unpaired) electrons. The topological polar surface area (TPSA) is 94.3 Å². The summed E-state index contributed by atoms with van der Waals surface area (Å²) in [6.45, 7) is 1.37. The van der Waals surface area contributed by atoms with E-state index in [1.54, 1.807) is 5.38 Å². The molecule has 1 aromatic heterocycles. The molecule has 1 aromatic carbocycles. The minimum Gasteiger partial charge on any atom is -0.487 e. The summed E-state index contributed by atoms with van der Waals surface area (Å²) in [5.41, 5.74) is 2.51. The van der Waals surface area contributed by atoms with Gasteiger partial charge in [-0.1, -0.05) is 0 Å². The summed E-state index contributed by atoms with van der Waals surface area (Å²) in [5.74, 6) is 3.80. The molecule has 0 fully saturated rings. The van der Waals surface area contributed by atoms with Crippen molar-refractivity contribution >= 4 is 23.0 Å². The van der Waals surface area contributed by atoms with Gasteiger partial charge in [-0.05, 0) is 19.1 Å². The van der Waals surface area contributed by atoms with Crippen molar-refractivity contribution in [3.8, 4) is 5.75 Å². The Labute approximate surface area is 123 Å². The summed E-state index contributed by atoms with van der Waals surface area (Å²) in [7, 11) is 0. The number of carbonyl (C=O) groups excluding carboxylic acids is 2. The van der Waals surface area contributed by atoms with Crippen molar-refractivity contribution in [2.75, 3.05) is 0 Å². The number of nitrogen functional groups attached to an aromatic ring is 1. The summed E-state index contributed by atoms with van der Waals surface area (Å²) in [5, 5.41) is 1.86. The number of nitrogens with one attached hydrogen (secondary N) is 1. The molecular formula is C13H12FN3O3S. The van der Waals surface area contributed by atoms with Gasteiger partial charge in [0.25, 0.3) is 5.91 Å². The van der Waals surface area contributed by atoms with Crippen LogP contribution in [0, 0.1) is 5.82 Å². The zero-order chi connectivity index (χ0) is 15.4. The number of hydrogen-bond donors (Lipinski definition) is 2. The van der Waals surface area contributed by atoms with E-state index in [0.29, 0.717) is 5.69 Å². The largest absolute Gasteiger partial charge is 0.487 e. The minimum absolute atomic E-state index is 0.0120. The number of ether oxygens (including phenoxy) is 1. The Hall–Kier alpha value is -2.32. The molecule has 110 valence electrons. The predicted octanol–water partition coefficient (Wildman–Crippen LogP) is 1.67. The molecule has 2 rings (SSSR count). The number of thiazole rings is 1. The van der Waals surface area contributed by atoms with Crippen molar-refractivity contribution in [2.45, 2.75) is 13.5 Å². The Kier molecular flexibility index (Phi) is 4.61. The van der Waals surface area contributed by atoms with Gasteiger partial charge in [0.15, 0.2) is 10.8 Å². The van der Waals surface area contributed by atoms with Gasteiger partial charge in [0.2, 0.25) is 0 Å². The second-order valence-electron chi connectivity index (χ2n) is 4.10. The van der Waals surface area contributed by atoms with Crippen molar-refractivity contribution in [1.82, 2.24) is 10.4 Å². The lowest BCUT2D eigenvalue weighted by Crippen LogP contribution is -2.29. The number of ketones is 1. The van der Waals surface area contributed by atoms with Crippen LogP contribution in [0.3, 0.4) is 0 Å². The normalized spacial score (nSPS) is 10.2. The number of hydrogen-bond acceptors (Lipinski definition) is 6. The highest BCUT2D eigenvalue weighted by Crippen LogP contribution is 2.19. The first-order valence-corrected chi connectivity index (χ1v) is 6.78. The van der Waals surface area contributed by atoms with Gasteiger partial charge in [-0.15, -0.1) is 11.3 Å². The first kappa shape index (κ1) is 15.1. The molecule has 0 spiro atoms. The van der Waals surface area contributed by atoms with E-state index in [1.165, 1.54) is 19.1 Å². The average molecular weight is 309 g/mol. The van der Waals surface area contributed by atoms with Gasteiger partial charge >= 0.3 is 0 Å². The monoisotopic (exact) mass is 309 g/mol. The Balaban J connectivity index is 2.03. The van der Waals surface area contributed by atoms with Gasteiger partial charge in [0.1, 0.15) is 18.2 Å². The molecule has 3 N–H and O–H groups in total. The zero-order valence-electron chi connectivity index (χ0n) is 11.1. The van der Waals surface area contributed by atoms with Crippen molar-refractivity contribution in [1.29, 1.82) is 0 Å². The number of nitrogens with zero attached hydrogens (tertiary/aromatic N) is 1. The summed E-state index contributed by atoms with van der Waals surface area (Å²) in [6.07, 6.45) is 0. The third kappa shape index (κ3) is 3.61. The lowest BCUT2D eigenvalue weighted by atomic mass is 10.1. The molecule has 21 heavy (non-hydrogen) atoms. The number of hydrazine groups is 1. The maximum atomic E-state index is 13.6. The van der Waals surface area contributed by atoms with E-state index >= 15 is 0 Å². The molecule has 0 atom stereocenters. The highest BCUT2D eigenvalue weighted by Gasteiger charge is 2.11. The highest BCUT2D eigenvalue weighted by molar-refractivity contribution is 7.11. The van der Waals surface area contributed by atoms with Crippen LogP contribution in [-0.4, -0.2) is 16.7 Å². The van der Waals surface area contributed by atoms with Crippen molar-refractivity contribution < 1.29 is 18.7 Å². The molecule has 0 saturated heterocycles. The predicted molar refractivity (Wildman–Crippen MR) is 74.5 cm³/mol. The van der Waals surface area contributed by atoms with Crippen molar-refractivity contribution in [2.24, 2.45) is 5.84 Å². The van der Waals surface area contributed by atoms with E-state index in [-0.39, 0.29) is 28.7 Å². The van der Waals surface area contributed by atoms with E-state index in [1.807, 2.05) is 5.43 Å². The number of benzene rings is 1. The maximum absolute atomic E-state index is 13.6. The third-order valence-electron chi connectivity index (χ3n) is 2.58. The number of carbonyl (C=O) groups is 2. The highest BCUT2D eigenvalue weighted by atomic mass is 32.1. The maximum Gasteiger partial charge on any atom is 0.294 e. The molecule has 8 heteroatoms. The number of halogens is 1. The van der Waals surface area contributed by atoms with Gasteiger partial charge in [0, 0.05) is 11.4 Å². The first-order valence-electron chi connectivity index (χ1n) is 5.90. The van der Waals surface area contributed by atoms with Crippen molar-refractivity contribution in [3.63, 3.8) is 0 Å². The minimum atomic E-state index is -0.638. The van der Waals surface area contributed by atoms with Crippen LogP contribution < -0.4 is 16.0 Å². The van der Waals surface area contributed by atoms with Crippen LogP contribution in [-0.2, 0) is 6.61 Å². The fourth-order valence-electron chi connectivity index (χ4n) is 1.57. The second kappa shape index (κ2) is 6.42. The summed E-state index contributed by atoms with van der Waals surface area (Å²) >= 11 is 1.12. The van der Waals surface area contributed by atoms with Gasteiger partial charge in [-0.25, -0.2) is 15.2 Å². The van der Waals surface area contributed by atoms with Gasteiger partial charge in [0.05, 0.1) is 11.3 Å². The Morgan fingerprint density at radius 3 is 2.86 bits per heavy atom. The average Bonchev–Trinajstić information content (AvgIpc) is 2.92. The zero-order valence-corrected chi connectivity index (χ0v) is 11.9. The summed E-state index contributed by atoms with van der Waals surface area (Å²) in [4.78, 5) is 26.4. The van der Waals surface area contributed by atoms with E-state index in [9.17, 15) is 14.0 Å². The molecule has 0 unspecified atom stereocenters. The molecule has 0 bridgehead atoms. The smallest absolute Gasteiger partial charge is 0.294 e. The fraction of sp³-hybridized carbons (Fsp3) is 0.154. The molecule has 0 aliphatic carbocycles. The molecule has 0 saturated carbocycles. The van der Waals surface area contributed by atoms with E-state index < -0.39 is 11.7 Å². The van der Waals surface area contributed by atoms with Crippen LogP contribution in [0.1, 0.15) is 32.8 Å².